The predicted octanol–water partition coefficient (Wildman–Crippen LogP) is -11.1. The van der Waals surface area contributed by atoms with Crippen molar-refractivity contribution in [2.24, 2.45) is 21.5 Å². The fourth-order valence-corrected chi connectivity index (χ4v) is 12.1. The number of nitrogens with one attached hydrogen (secondary N) is 7. The third-order valence-corrected chi connectivity index (χ3v) is 18.0. The van der Waals surface area contributed by atoms with E-state index >= 15 is 9.59 Å². The van der Waals surface area contributed by atoms with Crippen molar-refractivity contribution in [1.29, 1.82) is 0 Å². The van der Waals surface area contributed by atoms with Crippen LogP contribution >= 0.6 is 0 Å². The van der Waals surface area contributed by atoms with Gasteiger partial charge in [-0.15, -0.1) is 0 Å². The minimum Gasteiger partial charge on any atom is -0.463 e. The lowest BCUT2D eigenvalue weighted by Gasteiger charge is -2.46. The first-order valence-electron chi connectivity index (χ1n) is 32.3. The van der Waals surface area contributed by atoms with Gasteiger partial charge in [0.1, 0.15) is 128 Å². The van der Waals surface area contributed by atoms with E-state index < -0.39 is 246 Å². The summed E-state index contributed by atoms with van der Waals surface area (Å²) in [5, 5.41) is 159. The third-order valence-electron chi connectivity index (χ3n) is 18.0. The van der Waals surface area contributed by atoms with Crippen molar-refractivity contribution < 1.29 is 128 Å². The second-order valence-corrected chi connectivity index (χ2v) is 24.9. The second-order valence-electron chi connectivity index (χ2n) is 24.9. The van der Waals surface area contributed by atoms with Gasteiger partial charge in [-0.2, -0.15) is 0 Å². The molecule has 0 saturated carbocycles. The van der Waals surface area contributed by atoms with Crippen LogP contribution < -0.4 is 53.4 Å². The molecule has 5 unspecified atom stereocenters. The molecule has 8 rings (SSSR count). The van der Waals surface area contributed by atoms with E-state index in [-0.39, 0.29) is 30.2 Å². The van der Waals surface area contributed by atoms with Crippen LogP contribution in [-0.2, 0) is 63.7 Å². The molecule has 38 heteroatoms. The van der Waals surface area contributed by atoms with Crippen molar-refractivity contribution >= 4 is 53.3 Å². The SMILES string of the molecule is CCCCCCC(=O)OC[C@H]1O[C@H](Oc2ccc(C[C@H]3NC(=O)[C@H](C(C)c4ccccc4)NC(=O)CNC(=O)[C@H](CO)NC(=O)[C@@H](C(O)C4CN=C(N)N4[C@H]4O[C@H](CO)[C@@H](O)[C@H](O)[C@@H]4O)NC(=O)[C@H](C(O)C4CN=C(N)N4)NC3=O)cc2)[C@@H](O)[C@@H](O)[C@@H]1O[C@H]1O[C@H](CO)[C@@H](O)[C@H](O)[C@@H]1O. The van der Waals surface area contributed by atoms with Gasteiger partial charge in [0.25, 0.3) is 0 Å². The highest BCUT2D eigenvalue weighted by atomic mass is 16.7. The van der Waals surface area contributed by atoms with Crippen molar-refractivity contribution in [3.8, 4) is 5.75 Å². The van der Waals surface area contributed by atoms with Gasteiger partial charge in [-0.05, 0) is 29.7 Å². The number of hydrogen-bond acceptors (Lipinski definition) is 32. The molecule has 6 aliphatic heterocycles. The molecule has 0 aromatic heterocycles. The molecule has 0 spiro atoms. The minimum atomic E-state index is -2.36. The summed E-state index contributed by atoms with van der Waals surface area (Å²) >= 11 is 0. The molecule has 2 aromatic rings. The first kappa shape index (κ1) is 77.1. The molecule has 4 fully saturated rings. The molecule has 24 N–H and O–H groups in total. The third kappa shape index (κ3) is 18.7. The van der Waals surface area contributed by atoms with E-state index in [4.69, 9.17) is 39.9 Å². The molecular formula is C61H90N12O26. The second kappa shape index (κ2) is 35.1. The zero-order chi connectivity index (χ0) is 72.1. The highest BCUT2D eigenvalue weighted by molar-refractivity contribution is 5.98. The fourth-order valence-electron chi connectivity index (χ4n) is 12.1. The lowest BCUT2D eigenvalue weighted by Crippen LogP contribution is -2.70. The summed E-state index contributed by atoms with van der Waals surface area (Å²) in [6.07, 6.45) is -29.1. The Kier molecular flexibility index (Phi) is 27.4. The Bertz CT molecular complexity index is 3130. The number of rotatable bonds is 23. The van der Waals surface area contributed by atoms with E-state index in [0.717, 1.165) is 24.2 Å². The van der Waals surface area contributed by atoms with Crippen LogP contribution in [0.3, 0.4) is 0 Å². The summed E-state index contributed by atoms with van der Waals surface area (Å²) in [4.78, 5) is 110. The van der Waals surface area contributed by atoms with Crippen LogP contribution in [0.1, 0.15) is 63.0 Å². The quantitative estimate of drug-likeness (QED) is 0.0363. The summed E-state index contributed by atoms with van der Waals surface area (Å²) in [7, 11) is 0. The molecule has 6 heterocycles. The number of esters is 1. The minimum absolute atomic E-state index is 0.00677. The van der Waals surface area contributed by atoms with Crippen molar-refractivity contribution in [3.05, 3.63) is 65.7 Å². The lowest BCUT2D eigenvalue weighted by molar-refractivity contribution is -0.352. The number of aliphatic imine (C=N–C) groups is 2. The monoisotopic (exact) mass is 1410 g/mol. The van der Waals surface area contributed by atoms with E-state index in [1.54, 1.807) is 37.3 Å². The summed E-state index contributed by atoms with van der Waals surface area (Å²) < 4.78 is 34.6. The number of amides is 6. The standard InChI is InChI=1S/C61H90N12O26/c1-3-4-5-9-12-37(78)94-24-35-51(99-59-49(87)46(84)44(82)34(23-76)97-59)47(85)50(88)58(98-35)95-28-15-13-26(14-16-28)17-29-53(90)71-39(41(79)30-18-65-60(62)69-30)56(93)72-40(42(80)32-19-66-61(63)73(32)57-48(86)45(83)43(81)33(22-75)96-57)55(92)68-31(21-74)52(89)64-20-36(77)70-38(54(91)67-29)25(2)27-10-7-6-8-11-27/h6-8,10-11,13-16,25,29-35,38-51,57-59,74-76,79-88H,3-5,9,12,17-24H2,1-2H3,(H2,63,66)(H,64,89)(H,67,91)(H,68,92)(H,70,77)(H,71,90)(H,72,93)(H3,62,65,69)/t25?,29-,30?,31+,32?,33-,34-,35-,38+,39+,40-,41?,42?,43-,44-,45+,46+,47-,48+,49+,50+,51-,57+,58+,59-/m1/s1. The van der Waals surface area contributed by atoms with Gasteiger partial charge in [0.15, 0.2) is 24.4 Å². The van der Waals surface area contributed by atoms with Crippen molar-refractivity contribution in [2.75, 3.05) is 46.1 Å². The number of benzene rings is 2. The van der Waals surface area contributed by atoms with E-state index in [1.807, 2.05) is 6.92 Å². The van der Waals surface area contributed by atoms with Crippen LogP contribution in [0.25, 0.3) is 0 Å². The van der Waals surface area contributed by atoms with Crippen LogP contribution in [0.5, 0.6) is 5.75 Å². The Balaban J connectivity index is 1.11. The molecule has 2 aromatic carbocycles. The largest absolute Gasteiger partial charge is 0.463 e. The number of aliphatic hydroxyl groups excluding tert-OH is 13. The molecular weight excluding hydrogens is 1320 g/mol. The zero-order valence-electron chi connectivity index (χ0n) is 53.9. The molecule has 0 radical (unpaired) electrons. The first-order valence-corrected chi connectivity index (χ1v) is 32.3. The van der Waals surface area contributed by atoms with Crippen LogP contribution in [0, 0.1) is 0 Å². The Morgan fingerprint density at radius 2 is 1.22 bits per heavy atom. The molecule has 25 atom stereocenters. The molecule has 0 aliphatic carbocycles. The lowest BCUT2D eigenvalue weighted by atomic mass is 9.92. The number of carbonyl (C=O) groups excluding carboxylic acids is 7. The molecule has 4 saturated heterocycles. The summed E-state index contributed by atoms with van der Waals surface area (Å²) in [5.41, 5.74) is 12.9. The van der Waals surface area contributed by atoms with Gasteiger partial charge in [0.2, 0.25) is 41.7 Å². The van der Waals surface area contributed by atoms with Crippen LogP contribution in [0.2, 0.25) is 0 Å². The molecule has 99 heavy (non-hydrogen) atoms. The van der Waals surface area contributed by atoms with Gasteiger partial charge in [-0.1, -0.05) is 75.6 Å². The van der Waals surface area contributed by atoms with Gasteiger partial charge in [-0.3, -0.25) is 43.5 Å². The number of aliphatic hydroxyl groups is 13. The number of guanidine groups is 2. The van der Waals surface area contributed by atoms with Gasteiger partial charge < -0.3 is 148 Å². The molecule has 38 nitrogen and oxygen atoms in total. The highest BCUT2D eigenvalue weighted by Crippen LogP contribution is 2.33. The predicted molar refractivity (Wildman–Crippen MR) is 336 cm³/mol. The average Bonchev–Trinajstić information content (AvgIpc) is 1.75. The van der Waals surface area contributed by atoms with Gasteiger partial charge >= 0.3 is 5.97 Å². The normalized spacial score (nSPS) is 35.4. The van der Waals surface area contributed by atoms with Crippen molar-refractivity contribution in [1.82, 2.24) is 42.1 Å². The van der Waals surface area contributed by atoms with Crippen molar-refractivity contribution in [3.63, 3.8) is 0 Å². The maximum absolute atomic E-state index is 15.2. The summed E-state index contributed by atoms with van der Waals surface area (Å²) in [5.74, 6) is -9.72. The van der Waals surface area contributed by atoms with E-state index in [1.165, 1.54) is 24.3 Å². The van der Waals surface area contributed by atoms with Crippen LogP contribution in [0.15, 0.2) is 64.6 Å². The Morgan fingerprint density at radius 1 is 0.616 bits per heavy atom. The van der Waals surface area contributed by atoms with Crippen LogP contribution in [-0.4, -0.2) is 317 Å². The van der Waals surface area contributed by atoms with E-state index in [0.29, 0.717) is 12.0 Å². The first-order chi connectivity index (χ1) is 47.2. The number of nitrogens with two attached hydrogens (primary N) is 2. The maximum Gasteiger partial charge on any atom is 0.305 e. The number of ether oxygens (including phenoxy) is 6. The Hall–Kier alpha value is -7.61. The Morgan fingerprint density at radius 3 is 1.87 bits per heavy atom. The zero-order valence-corrected chi connectivity index (χ0v) is 53.9. The number of carbonyl (C=O) groups is 7. The molecule has 550 valence electrons. The average molecular weight is 1410 g/mol. The Labute approximate surface area is 566 Å². The fraction of sp³-hybridized carbons (Fsp3) is 0.656. The maximum atomic E-state index is 15.2. The van der Waals surface area contributed by atoms with Gasteiger partial charge in [0, 0.05) is 18.8 Å². The number of unbranched alkanes of at least 4 members (excludes halogenated alkanes) is 3. The summed E-state index contributed by atoms with van der Waals surface area (Å²) in [6.45, 7) is -1.78. The number of hydrogen-bond donors (Lipinski definition) is 22. The van der Waals surface area contributed by atoms with Crippen molar-refractivity contribution in [2.45, 2.75) is 205 Å². The van der Waals surface area contributed by atoms with E-state index in [9.17, 15) is 90.4 Å². The number of nitrogens with zero attached hydrogens (tertiary/aromatic N) is 3. The topological polar surface area (TPSA) is 602 Å². The summed E-state index contributed by atoms with van der Waals surface area (Å²) in [6, 6.07) is 0.767. The van der Waals surface area contributed by atoms with Crippen LogP contribution in [0.4, 0.5) is 0 Å². The van der Waals surface area contributed by atoms with E-state index in [2.05, 4.69) is 47.2 Å². The molecule has 0 bridgehead atoms. The van der Waals surface area contributed by atoms with Gasteiger partial charge in [0.05, 0.1) is 51.5 Å². The van der Waals surface area contributed by atoms with Gasteiger partial charge in [-0.25, -0.2) is 0 Å². The smallest absolute Gasteiger partial charge is 0.305 e. The highest BCUT2D eigenvalue weighted by Gasteiger charge is 2.54. The molecule has 6 aliphatic rings. The molecule has 6 amide bonds.